The summed E-state index contributed by atoms with van der Waals surface area (Å²) in [6.45, 7) is 52.3. The van der Waals surface area contributed by atoms with Gasteiger partial charge in [0, 0.05) is 0 Å². The average molecular weight is 1680 g/mol. The topological polar surface area (TPSA) is 97.6 Å². The van der Waals surface area contributed by atoms with E-state index in [1.807, 2.05) is 218 Å². The third kappa shape index (κ3) is 34.2. The van der Waals surface area contributed by atoms with Crippen LogP contribution < -0.4 is 37.9 Å². The first-order valence-corrected chi connectivity index (χ1v) is 43.5. The maximum absolute atomic E-state index is 8.82. The fourth-order valence-electron chi connectivity index (χ4n) is 12.4. The molecule has 0 radical (unpaired) electrons. The fraction of sp³-hybridized carbons (Fsp3) is 0.274. The molecular formula is C117H133NO8. The third-order valence-electron chi connectivity index (χ3n) is 20.4. The van der Waals surface area contributed by atoms with Crippen LogP contribution in [0, 0.1) is 39.0 Å². The molecule has 0 bridgehead atoms. The first-order valence-electron chi connectivity index (χ1n) is 43.5. The van der Waals surface area contributed by atoms with Gasteiger partial charge in [0.1, 0.15) is 86.2 Å². The Morgan fingerprint density at radius 3 is 0.746 bits per heavy atom. The number of para-hydroxylation sites is 2. The molecule has 9 nitrogen and oxygen atoms in total. The van der Waals surface area contributed by atoms with Crippen molar-refractivity contribution in [2.45, 2.75) is 205 Å². The van der Waals surface area contributed by atoms with E-state index in [1.165, 1.54) is 55.6 Å². The summed E-state index contributed by atoms with van der Waals surface area (Å²) < 4.78 is 45.7. The highest BCUT2D eigenvalue weighted by molar-refractivity contribution is 5.46. The SMILES string of the molecule is CC(C)(C)c1ccc(Oc2ccccc2)cc1.CC(C)c1ccc(Oc2cccc(C#N)c2)cc1.COc1ccc(Oc2ccc(C(C)(C)C)cc2)cc1.Cc1ccc(Oc2ccc(C(C)(C)C)cc2)cc1.Cc1cccc(Oc2ccc(C(C)(C)C)cc2)c1.Cc1cccc(Oc2ccc(C(C)(C)C)cc2)c1.Cc1ccccc1Oc1ccc(C(C)(C)C)cc1. The van der Waals surface area contributed by atoms with E-state index < -0.39 is 0 Å². The van der Waals surface area contributed by atoms with Crippen LogP contribution in [0.25, 0.3) is 0 Å². The van der Waals surface area contributed by atoms with Crippen molar-refractivity contribution in [3.63, 3.8) is 0 Å². The fourth-order valence-corrected chi connectivity index (χ4v) is 12.4. The molecular weight excluding hydrogens is 1550 g/mol. The van der Waals surface area contributed by atoms with Crippen molar-refractivity contribution in [1.82, 2.24) is 0 Å². The number of hydrogen-bond acceptors (Lipinski definition) is 9. The first kappa shape index (κ1) is 98.4. The highest BCUT2D eigenvalue weighted by Gasteiger charge is 2.19. The second kappa shape index (κ2) is 46.1. The number of nitriles is 1. The van der Waals surface area contributed by atoms with Gasteiger partial charge in [0.2, 0.25) is 0 Å². The largest absolute Gasteiger partial charge is 0.497 e. The van der Waals surface area contributed by atoms with E-state index in [4.69, 9.17) is 43.2 Å². The Labute approximate surface area is 755 Å². The monoisotopic (exact) mass is 1680 g/mol. The number of aryl methyl sites for hydroxylation is 4. The van der Waals surface area contributed by atoms with Crippen LogP contribution in [-0.4, -0.2) is 7.11 Å². The Morgan fingerprint density at radius 1 is 0.222 bits per heavy atom. The van der Waals surface area contributed by atoms with Gasteiger partial charge in [0.25, 0.3) is 0 Å². The van der Waals surface area contributed by atoms with Crippen LogP contribution in [0.15, 0.2) is 346 Å². The lowest BCUT2D eigenvalue weighted by Gasteiger charge is -2.19. The number of hydrogen-bond donors (Lipinski definition) is 0. The Bertz CT molecular complexity index is 5490. The summed E-state index contributed by atoms with van der Waals surface area (Å²) in [4.78, 5) is 0. The molecule has 0 unspecified atom stereocenters. The molecule has 0 aliphatic carbocycles. The second-order valence-electron chi connectivity index (χ2n) is 37.9. The Balaban J connectivity index is 0.000000182. The summed E-state index contributed by atoms with van der Waals surface area (Å²) in [5, 5.41) is 8.82. The van der Waals surface area contributed by atoms with Gasteiger partial charge in [-0.15, -0.1) is 0 Å². The summed E-state index contributed by atoms with van der Waals surface area (Å²) >= 11 is 0. The smallest absolute Gasteiger partial charge is 0.130 e. The normalized spacial score (nSPS) is 11.1. The van der Waals surface area contributed by atoms with Gasteiger partial charge < -0.3 is 37.9 Å². The molecule has 0 aromatic heterocycles. The summed E-state index contributed by atoms with van der Waals surface area (Å²) in [5.41, 5.74) is 15.7. The second-order valence-corrected chi connectivity index (χ2v) is 37.9. The van der Waals surface area contributed by atoms with Crippen LogP contribution in [0.1, 0.15) is 211 Å². The molecule has 0 saturated heterocycles. The van der Waals surface area contributed by atoms with E-state index >= 15 is 0 Å². The summed E-state index contributed by atoms with van der Waals surface area (Å²) in [7, 11) is 1.65. The van der Waals surface area contributed by atoms with Crippen LogP contribution in [0.4, 0.5) is 0 Å². The van der Waals surface area contributed by atoms with Gasteiger partial charge in [-0.2, -0.15) is 5.26 Å². The zero-order valence-electron chi connectivity index (χ0n) is 79.2. The molecule has 14 aromatic rings. The lowest BCUT2D eigenvalue weighted by atomic mass is 9.87. The molecule has 0 saturated carbocycles. The molecule has 14 aromatic carbocycles. The molecule has 0 aliphatic rings. The maximum Gasteiger partial charge on any atom is 0.130 e. The van der Waals surface area contributed by atoms with Crippen LogP contribution >= 0.6 is 0 Å². The van der Waals surface area contributed by atoms with Crippen LogP contribution in [0.2, 0.25) is 0 Å². The van der Waals surface area contributed by atoms with Gasteiger partial charge in [0.05, 0.1) is 18.7 Å². The third-order valence-corrected chi connectivity index (χ3v) is 20.4. The Morgan fingerprint density at radius 2 is 0.460 bits per heavy atom. The van der Waals surface area contributed by atoms with Crippen molar-refractivity contribution in [3.05, 3.63) is 413 Å². The van der Waals surface area contributed by atoms with Gasteiger partial charge in [-0.25, -0.2) is 0 Å². The molecule has 654 valence electrons. The van der Waals surface area contributed by atoms with Crippen molar-refractivity contribution in [1.29, 1.82) is 5.26 Å². The van der Waals surface area contributed by atoms with E-state index in [0.717, 1.165) is 86.1 Å². The molecule has 0 aliphatic heterocycles. The van der Waals surface area contributed by atoms with E-state index in [-0.39, 0.29) is 32.5 Å². The number of rotatable bonds is 16. The van der Waals surface area contributed by atoms with Crippen LogP contribution in [-0.2, 0) is 32.5 Å². The lowest BCUT2D eigenvalue weighted by Crippen LogP contribution is -2.10. The molecule has 0 spiro atoms. The van der Waals surface area contributed by atoms with Gasteiger partial charge >= 0.3 is 0 Å². The first-order chi connectivity index (χ1) is 59.5. The van der Waals surface area contributed by atoms with Crippen molar-refractivity contribution in [2.75, 3.05) is 7.11 Å². The summed E-state index contributed by atoms with van der Waals surface area (Å²) in [5.74, 6) is 13.3. The summed E-state index contributed by atoms with van der Waals surface area (Å²) in [6.07, 6.45) is 0. The average Bonchev–Trinajstić information content (AvgIpc) is 0.862. The van der Waals surface area contributed by atoms with Crippen molar-refractivity contribution in [2.24, 2.45) is 0 Å². The van der Waals surface area contributed by atoms with Crippen LogP contribution in [0.5, 0.6) is 86.2 Å². The van der Waals surface area contributed by atoms with Gasteiger partial charge in [-0.1, -0.05) is 308 Å². The van der Waals surface area contributed by atoms with Crippen molar-refractivity contribution < 1.29 is 37.9 Å². The zero-order chi connectivity index (χ0) is 91.8. The maximum atomic E-state index is 8.82. The van der Waals surface area contributed by atoms with Crippen molar-refractivity contribution in [3.8, 4) is 92.3 Å². The Kier molecular flexibility index (Phi) is 36.0. The number of methoxy groups -OCH3 is 1. The van der Waals surface area contributed by atoms with Crippen molar-refractivity contribution >= 4 is 0 Å². The van der Waals surface area contributed by atoms with Crippen LogP contribution in [0.3, 0.4) is 0 Å². The molecule has 0 fully saturated rings. The standard InChI is InChI=1S/C17H20O2.4C17H20O.C16H15NO.C16H18O/c1-17(2,3)13-5-7-15(8-6-13)19-16-11-9-14(18-4)10-12-16;1-13-5-9-15(10-6-13)18-16-11-7-14(8-12-16)17(2,3)4;2*1-13-6-5-7-16(12-13)18-15-10-8-14(9-11-15)17(2,3)4;1-13-7-5-6-8-16(13)18-15-11-9-14(10-12-15)17(2,3)4;1-12(2)14-6-8-15(9-7-14)18-16-5-3-4-13(10-16)11-17;1-16(2,3)13-9-11-15(12-10-13)17-14-7-5-4-6-8-14/h5-12H,1-4H3;4*5-12H,1-4H3;3-10,12H,1-2H3;4-12H,1-3H3. The van der Waals surface area contributed by atoms with Gasteiger partial charge in [-0.05, 0) is 304 Å². The quantitative estimate of drug-likeness (QED) is 0.0937. The van der Waals surface area contributed by atoms with E-state index in [1.54, 1.807) is 19.2 Å². The molecule has 14 rings (SSSR count). The Hall–Kier alpha value is -13.0. The summed E-state index contributed by atoms with van der Waals surface area (Å²) in [6, 6.07) is 117. The van der Waals surface area contributed by atoms with E-state index in [2.05, 4.69) is 287 Å². The minimum absolute atomic E-state index is 0.165. The van der Waals surface area contributed by atoms with E-state index in [0.29, 0.717) is 17.2 Å². The molecule has 0 amide bonds. The molecule has 126 heavy (non-hydrogen) atoms. The molecule has 0 heterocycles. The predicted molar refractivity (Wildman–Crippen MR) is 527 cm³/mol. The number of benzene rings is 14. The van der Waals surface area contributed by atoms with E-state index in [9.17, 15) is 0 Å². The minimum atomic E-state index is 0.165. The number of nitrogens with zero attached hydrogens (tertiary/aromatic N) is 1. The highest BCUT2D eigenvalue weighted by atomic mass is 16.5. The zero-order valence-corrected chi connectivity index (χ0v) is 79.2. The molecule has 9 heteroatoms. The predicted octanol–water partition coefficient (Wildman–Crippen LogP) is 34.4. The van der Waals surface area contributed by atoms with Gasteiger partial charge in [-0.3, -0.25) is 0 Å². The number of ether oxygens (including phenoxy) is 8. The highest BCUT2D eigenvalue weighted by Crippen LogP contribution is 2.36. The minimum Gasteiger partial charge on any atom is -0.497 e. The van der Waals surface area contributed by atoms with Gasteiger partial charge in [0.15, 0.2) is 0 Å². The lowest BCUT2D eigenvalue weighted by molar-refractivity contribution is 0.413. The molecule has 0 atom stereocenters. The molecule has 0 N–H and O–H groups in total.